The topological polar surface area (TPSA) is 101 Å². The SMILES string of the molecule is CC1(C)CCC(=O)NC1.CC1(C)CCNC(=O)C1.COC1=NCC(C)(C)CC1.COC1=NCCC(C)(C)C1. The molecule has 0 aromatic rings. The first-order valence-corrected chi connectivity index (χ1v) is 14.2. The van der Waals surface area contributed by atoms with Gasteiger partial charge in [-0.2, -0.15) is 0 Å². The van der Waals surface area contributed by atoms with Crippen molar-refractivity contribution in [2.24, 2.45) is 31.6 Å². The highest BCUT2D eigenvalue weighted by Gasteiger charge is 2.26. The fraction of sp³-hybridized carbons (Fsp3) is 0.867. The second kappa shape index (κ2) is 14.9. The van der Waals surface area contributed by atoms with E-state index in [1.54, 1.807) is 14.2 Å². The monoisotopic (exact) mass is 536 g/mol. The molecule has 8 nitrogen and oxygen atoms in total. The predicted octanol–water partition coefficient (Wildman–Crippen LogP) is 5.55. The first-order valence-electron chi connectivity index (χ1n) is 14.2. The van der Waals surface area contributed by atoms with E-state index >= 15 is 0 Å². The van der Waals surface area contributed by atoms with Gasteiger partial charge in [-0.25, -0.2) is 0 Å². The van der Waals surface area contributed by atoms with Crippen LogP contribution in [0.2, 0.25) is 0 Å². The third-order valence-corrected chi connectivity index (χ3v) is 7.43. The Morgan fingerprint density at radius 2 is 1.24 bits per heavy atom. The van der Waals surface area contributed by atoms with Crippen molar-refractivity contribution < 1.29 is 19.1 Å². The molecule has 0 aromatic carbocycles. The summed E-state index contributed by atoms with van der Waals surface area (Å²) in [4.78, 5) is 29.9. The van der Waals surface area contributed by atoms with Gasteiger partial charge in [-0.15, -0.1) is 0 Å². The molecule has 0 atom stereocenters. The van der Waals surface area contributed by atoms with Gasteiger partial charge in [-0.3, -0.25) is 19.6 Å². The Bertz CT molecular complexity index is 816. The number of rotatable bonds is 0. The molecule has 0 radical (unpaired) electrons. The third kappa shape index (κ3) is 14.7. The number of nitrogens with one attached hydrogen (secondary N) is 2. The van der Waals surface area contributed by atoms with Crippen LogP contribution in [-0.4, -0.2) is 64.0 Å². The summed E-state index contributed by atoms with van der Waals surface area (Å²) in [6.45, 7) is 21.1. The number of ether oxygens (including phenoxy) is 2. The van der Waals surface area contributed by atoms with Crippen molar-refractivity contribution in [2.75, 3.05) is 40.4 Å². The molecular weight excluding hydrogens is 480 g/mol. The van der Waals surface area contributed by atoms with Crippen LogP contribution in [0.4, 0.5) is 0 Å². The van der Waals surface area contributed by atoms with Crippen LogP contribution in [0.15, 0.2) is 9.98 Å². The van der Waals surface area contributed by atoms with Crippen LogP contribution in [0, 0.1) is 21.7 Å². The molecule has 0 saturated carbocycles. The second-order valence-electron chi connectivity index (χ2n) is 14.0. The quantitative estimate of drug-likeness (QED) is 0.424. The molecule has 0 unspecified atom stereocenters. The van der Waals surface area contributed by atoms with Crippen molar-refractivity contribution in [1.82, 2.24) is 10.6 Å². The summed E-state index contributed by atoms with van der Waals surface area (Å²) in [5.74, 6) is 2.23. The van der Waals surface area contributed by atoms with Gasteiger partial charge in [0.05, 0.1) is 14.2 Å². The fourth-order valence-corrected chi connectivity index (χ4v) is 4.34. The van der Waals surface area contributed by atoms with Gasteiger partial charge in [-0.1, -0.05) is 55.4 Å². The fourth-order valence-electron chi connectivity index (χ4n) is 4.34. The number of hydrogen-bond acceptors (Lipinski definition) is 6. The Morgan fingerprint density at radius 3 is 1.61 bits per heavy atom. The van der Waals surface area contributed by atoms with Gasteiger partial charge < -0.3 is 20.1 Å². The molecule has 2 amide bonds. The van der Waals surface area contributed by atoms with E-state index < -0.39 is 0 Å². The number of hydrogen-bond donors (Lipinski definition) is 2. The van der Waals surface area contributed by atoms with Gasteiger partial charge in [-0.05, 0) is 47.3 Å². The summed E-state index contributed by atoms with van der Waals surface area (Å²) >= 11 is 0. The van der Waals surface area contributed by atoms with Crippen LogP contribution in [0.3, 0.4) is 0 Å². The van der Waals surface area contributed by atoms with Gasteiger partial charge in [0.25, 0.3) is 0 Å². The lowest BCUT2D eigenvalue weighted by atomic mass is 9.83. The van der Waals surface area contributed by atoms with Gasteiger partial charge in [0.15, 0.2) is 11.8 Å². The van der Waals surface area contributed by atoms with E-state index in [0.29, 0.717) is 29.1 Å². The third-order valence-electron chi connectivity index (χ3n) is 7.43. The van der Waals surface area contributed by atoms with Crippen LogP contribution < -0.4 is 10.6 Å². The molecule has 2 N–H and O–H groups in total. The molecule has 220 valence electrons. The summed E-state index contributed by atoms with van der Waals surface area (Å²) < 4.78 is 10.1. The highest BCUT2D eigenvalue weighted by molar-refractivity contribution is 5.78. The molecule has 2 fully saturated rings. The van der Waals surface area contributed by atoms with Gasteiger partial charge in [0, 0.05) is 51.9 Å². The average molecular weight is 537 g/mol. The molecule has 0 aromatic heterocycles. The Labute approximate surface area is 232 Å². The summed E-state index contributed by atoms with van der Waals surface area (Å²) in [7, 11) is 3.39. The largest absolute Gasteiger partial charge is 0.484 e. The number of nitrogens with zero attached hydrogens (tertiary/aromatic N) is 2. The number of amides is 2. The van der Waals surface area contributed by atoms with Gasteiger partial charge in [0.1, 0.15) is 0 Å². The Morgan fingerprint density at radius 1 is 0.632 bits per heavy atom. The Kier molecular flexibility index (Phi) is 13.3. The van der Waals surface area contributed by atoms with E-state index in [4.69, 9.17) is 9.47 Å². The molecule has 4 aliphatic heterocycles. The highest BCUT2D eigenvalue weighted by atomic mass is 16.5. The number of carbonyl (C=O) groups excluding carboxylic acids is 2. The maximum Gasteiger partial charge on any atom is 0.220 e. The van der Waals surface area contributed by atoms with E-state index in [9.17, 15) is 9.59 Å². The molecule has 0 spiro atoms. The lowest BCUT2D eigenvalue weighted by molar-refractivity contribution is -0.125. The van der Waals surface area contributed by atoms with E-state index in [0.717, 1.165) is 63.7 Å². The van der Waals surface area contributed by atoms with Crippen molar-refractivity contribution >= 4 is 23.6 Å². The number of methoxy groups -OCH3 is 2. The van der Waals surface area contributed by atoms with Crippen LogP contribution in [0.1, 0.15) is 107 Å². The van der Waals surface area contributed by atoms with Crippen LogP contribution in [0.25, 0.3) is 0 Å². The van der Waals surface area contributed by atoms with Crippen LogP contribution >= 0.6 is 0 Å². The van der Waals surface area contributed by atoms with E-state index in [-0.39, 0.29) is 17.2 Å². The molecule has 4 rings (SSSR count). The normalized spacial score (nSPS) is 24.5. The average Bonchev–Trinajstić information content (AvgIpc) is 2.81. The first-order chi connectivity index (χ1) is 17.5. The number of piperidine rings is 2. The molecule has 0 bridgehead atoms. The Hall–Kier alpha value is -2.12. The maximum absolute atomic E-state index is 10.8. The summed E-state index contributed by atoms with van der Waals surface area (Å²) in [6.07, 6.45) is 7.89. The zero-order valence-corrected chi connectivity index (χ0v) is 26.0. The lowest BCUT2D eigenvalue weighted by Gasteiger charge is -2.29. The minimum atomic E-state index is 0.200. The summed E-state index contributed by atoms with van der Waals surface area (Å²) in [6, 6.07) is 0. The van der Waals surface area contributed by atoms with Crippen molar-refractivity contribution in [3.05, 3.63) is 0 Å². The number of aliphatic imine (C=N–C) groups is 2. The van der Waals surface area contributed by atoms with Crippen molar-refractivity contribution in [2.45, 2.75) is 107 Å². The van der Waals surface area contributed by atoms with Gasteiger partial charge in [0.2, 0.25) is 11.8 Å². The predicted molar refractivity (Wildman–Crippen MR) is 157 cm³/mol. The first kappa shape index (κ1) is 33.9. The van der Waals surface area contributed by atoms with E-state index in [1.807, 2.05) is 0 Å². The molecule has 38 heavy (non-hydrogen) atoms. The summed E-state index contributed by atoms with van der Waals surface area (Å²) in [5.41, 5.74) is 1.35. The van der Waals surface area contributed by atoms with Gasteiger partial charge >= 0.3 is 0 Å². The van der Waals surface area contributed by atoms with E-state index in [1.165, 1.54) is 12.8 Å². The molecule has 8 heteroatoms. The zero-order valence-electron chi connectivity index (χ0n) is 26.0. The molecule has 2 saturated heterocycles. The molecule has 4 aliphatic rings. The van der Waals surface area contributed by atoms with Crippen LogP contribution in [-0.2, 0) is 19.1 Å². The van der Waals surface area contributed by atoms with Crippen molar-refractivity contribution in [3.63, 3.8) is 0 Å². The smallest absolute Gasteiger partial charge is 0.220 e. The van der Waals surface area contributed by atoms with Crippen molar-refractivity contribution in [1.29, 1.82) is 0 Å². The highest BCUT2D eigenvalue weighted by Crippen LogP contribution is 2.29. The minimum Gasteiger partial charge on any atom is -0.484 e. The molecule has 4 heterocycles. The Balaban J connectivity index is 0.000000254. The maximum atomic E-state index is 10.8. The number of carbonyl (C=O) groups is 2. The molecule has 0 aliphatic carbocycles. The zero-order chi connectivity index (χ0) is 29.0. The standard InChI is InChI=1S/2C8H15NO.2C7H13NO/c1-8(2)4-5-9-7(6-8)10-3;1-8(2)5-4-7(10-3)9-6-8;1-7(2)3-4-8-6(9)5-7;1-7(2)4-3-6(9)8-5-7/h2*4-6H2,1-3H3;2*3-5H2,1-2H3,(H,8,9). The van der Waals surface area contributed by atoms with E-state index in [2.05, 4.69) is 76.0 Å². The minimum absolute atomic E-state index is 0.200. The molecular formula is C30H56N4O4. The van der Waals surface area contributed by atoms with Crippen LogP contribution in [0.5, 0.6) is 0 Å². The lowest BCUT2D eigenvalue weighted by Crippen LogP contribution is -2.39. The summed E-state index contributed by atoms with van der Waals surface area (Å²) in [5, 5.41) is 5.63. The second-order valence-corrected chi connectivity index (χ2v) is 14.0. The van der Waals surface area contributed by atoms with Crippen molar-refractivity contribution in [3.8, 4) is 0 Å².